The Morgan fingerprint density at radius 2 is 1.71 bits per heavy atom. The molecule has 21 heavy (non-hydrogen) atoms. The summed E-state index contributed by atoms with van der Waals surface area (Å²) in [5.41, 5.74) is -0.289. The highest BCUT2D eigenvalue weighted by Crippen LogP contribution is 2.59. The van der Waals surface area contributed by atoms with Gasteiger partial charge in [0.25, 0.3) is 0 Å². The van der Waals surface area contributed by atoms with Crippen molar-refractivity contribution in [1.29, 1.82) is 0 Å². The van der Waals surface area contributed by atoms with E-state index in [-0.39, 0.29) is 17.4 Å². The lowest BCUT2D eigenvalue weighted by Crippen LogP contribution is -2.43. The Labute approximate surface area is 123 Å². The van der Waals surface area contributed by atoms with Gasteiger partial charge in [0, 0.05) is 13.0 Å². The molecular weight excluding hydrogens is 326 g/mol. The number of rotatable bonds is 6. The molecule has 1 heterocycles. The minimum absolute atomic E-state index is 0.208. The number of hydrogen-bond acceptors (Lipinski definition) is 6. The minimum atomic E-state index is -5.15. The van der Waals surface area contributed by atoms with Crippen LogP contribution in [0.25, 0.3) is 0 Å². The second-order valence-electron chi connectivity index (χ2n) is 5.63. The van der Waals surface area contributed by atoms with Gasteiger partial charge in [0.2, 0.25) is 0 Å². The van der Waals surface area contributed by atoms with Crippen LogP contribution in [0.1, 0.15) is 27.7 Å². The highest BCUT2D eigenvalue weighted by molar-refractivity contribution is 7.60. The van der Waals surface area contributed by atoms with E-state index in [0.717, 1.165) is 0 Å². The van der Waals surface area contributed by atoms with Crippen molar-refractivity contribution in [3.63, 3.8) is 0 Å². The normalized spacial score (nSPS) is 35.6. The van der Waals surface area contributed by atoms with Crippen molar-refractivity contribution in [3.8, 4) is 0 Å². The van der Waals surface area contributed by atoms with Gasteiger partial charge in [-0.05, 0) is 12.3 Å². The van der Waals surface area contributed by atoms with Crippen LogP contribution in [0.15, 0.2) is 0 Å². The molecule has 0 aromatic rings. The summed E-state index contributed by atoms with van der Waals surface area (Å²) < 4.78 is 41.5. The van der Waals surface area contributed by atoms with Crippen LogP contribution < -0.4 is 0 Å². The number of methoxy groups -OCH3 is 1. The largest absolute Gasteiger partial charge is 0.481 e. The van der Waals surface area contributed by atoms with Crippen LogP contribution >= 0.6 is 15.6 Å². The summed E-state index contributed by atoms with van der Waals surface area (Å²) in [5, 5.41) is 0. The zero-order chi connectivity index (χ0) is 16.7. The lowest BCUT2D eigenvalue weighted by Gasteiger charge is -2.34. The lowest BCUT2D eigenvalue weighted by atomic mass is 9.75. The molecule has 9 nitrogen and oxygen atoms in total. The third-order valence-electron chi connectivity index (χ3n) is 4.18. The molecule has 0 saturated carbocycles. The van der Waals surface area contributed by atoms with E-state index in [1.807, 2.05) is 27.7 Å². The molecular formula is C10H22O9P2. The standard InChI is InChI=1S/C10H22O9P2/c1-7-9(3,4)8(2)18-10(7,16-5)6-17-21(14,15)19-20(11,12)13/h7-8H,6H2,1-5H3,(H,14,15)(H2,11,12,13)/t7-,8-,10+/m0/s1. The Morgan fingerprint density at radius 1 is 1.19 bits per heavy atom. The van der Waals surface area contributed by atoms with E-state index in [2.05, 4.69) is 8.83 Å². The smallest absolute Gasteiger partial charge is 0.351 e. The molecule has 11 heteroatoms. The zero-order valence-electron chi connectivity index (χ0n) is 12.5. The van der Waals surface area contributed by atoms with Gasteiger partial charge in [-0.15, -0.1) is 0 Å². The van der Waals surface area contributed by atoms with Crippen LogP contribution in [-0.4, -0.2) is 40.3 Å². The number of ether oxygens (including phenoxy) is 2. The van der Waals surface area contributed by atoms with Crippen molar-refractivity contribution in [1.82, 2.24) is 0 Å². The molecule has 0 amide bonds. The maximum absolute atomic E-state index is 11.5. The summed E-state index contributed by atoms with van der Waals surface area (Å²) in [6, 6.07) is 0. The van der Waals surface area contributed by atoms with E-state index in [4.69, 9.17) is 19.3 Å². The Kier molecular flexibility index (Phi) is 5.49. The van der Waals surface area contributed by atoms with Crippen molar-refractivity contribution in [2.24, 2.45) is 11.3 Å². The Bertz CT molecular complexity index is 473. The quantitative estimate of drug-likeness (QED) is 0.613. The van der Waals surface area contributed by atoms with Crippen LogP contribution in [-0.2, 0) is 27.4 Å². The van der Waals surface area contributed by atoms with E-state index >= 15 is 0 Å². The SMILES string of the molecule is CO[C@]1(COP(=O)(O)OP(=O)(O)O)O[C@@H](C)C(C)(C)[C@@H]1C. The van der Waals surface area contributed by atoms with Crippen LogP contribution in [0.2, 0.25) is 0 Å². The summed E-state index contributed by atoms with van der Waals surface area (Å²) in [6.45, 7) is 7.07. The van der Waals surface area contributed by atoms with Gasteiger partial charge in [0.15, 0.2) is 5.79 Å². The lowest BCUT2D eigenvalue weighted by molar-refractivity contribution is -0.242. The topological polar surface area (TPSA) is 132 Å². The van der Waals surface area contributed by atoms with Gasteiger partial charge >= 0.3 is 15.6 Å². The summed E-state index contributed by atoms with van der Waals surface area (Å²) in [7, 11) is -8.72. The maximum atomic E-state index is 11.5. The zero-order valence-corrected chi connectivity index (χ0v) is 14.3. The van der Waals surface area contributed by atoms with Gasteiger partial charge in [-0.1, -0.05) is 20.8 Å². The number of hydrogen-bond donors (Lipinski definition) is 3. The van der Waals surface area contributed by atoms with E-state index in [1.165, 1.54) is 7.11 Å². The molecule has 126 valence electrons. The number of phosphoric ester groups is 1. The monoisotopic (exact) mass is 348 g/mol. The first kappa shape index (κ1) is 19.2. The predicted molar refractivity (Wildman–Crippen MR) is 72.1 cm³/mol. The summed E-state index contributed by atoms with van der Waals surface area (Å²) in [6.07, 6.45) is -0.211. The molecule has 4 atom stereocenters. The molecule has 0 spiro atoms. The molecule has 1 aliphatic heterocycles. The first-order valence-corrected chi connectivity index (χ1v) is 9.25. The van der Waals surface area contributed by atoms with Crippen LogP contribution in [0, 0.1) is 11.3 Å². The molecule has 1 rings (SSSR count). The fraction of sp³-hybridized carbons (Fsp3) is 1.00. The van der Waals surface area contributed by atoms with Crippen molar-refractivity contribution >= 4 is 15.6 Å². The van der Waals surface area contributed by atoms with Gasteiger partial charge in [-0.2, -0.15) is 4.31 Å². The molecule has 3 N–H and O–H groups in total. The summed E-state index contributed by atoms with van der Waals surface area (Å²) in [4.78, 5) is 26.4. The Morgan fingerprint density at radius 3 is 2.05 bits per heavy atom. The Hall–Kier alpha value is 0.180. The summed E-state index contributed by atoms with van der Waals surface area (Å²) >= 11 is 0. The first-order chi connectivity index (χ1) is 9.26. The van der Waals surface area contributed by atoms with Gasteiger partial charge in [0.05, 0.1) is 6.10 Å². The average molecular weight is 348 g/mol. The molecule has 1 saturated heterocycles. The van der Waals surface area contributed by atoms with Gasteiger partial charge in [-0.3, -0.25) is 4.52 Å². The minimum Gasteiger partial charge on any atom is -0.351 e. The van der Waals surface area contributed by atoms with Crippen molar-refractivity contribution in [3.05, 3.63) is 0 Å². The van der Waals surface area contributed by atoms with Crippen molar-refractivity contribution in [2.75, 3.05) is 13.7 Å². The highest BCUT2D eigenvalue weighted by atomic mass is 31.3. The molecule has 1 aliphatic rings. The third-order valence-corrected chi connectivity index (χ3v) is 6.32. The molecule has 1 unspecified atom stereocenters. The molecule has 1 fully saturated rings. The van der Waals surface area contributed by atoms with Gasteiger partial charge in [-0.25, -0.2) is 9.13 Å². The molecule has 0 aliphatic carbocycles. The highest BCUT2D eigenvalue weighted by Gasteiger charge is 2.57. The second-order valence-corrected chi connectivity index (χ2v) is 8.46. The maximum Gasteiger partial charge on any atom is 0.481 e. The molecule has 0 aromatic heterocycles. The van der Waals surface area contributed by atoms with Crippen LogP contribution in [0.5, 0.6) is 0 Å². The van der Waals surface area contributed by atoms with E-state index < -0.39 is 28.0 Å². The fourth-order valence-corrected chi connectivity index (χ4v) is 3.85. The van der Waals surface area contributed by atoms with Crippen molar-refractivity contribution < 1.29 is 42.1 Å². The third kappa shape index (κ3) is 4.34. The van der Waals surface area contributed by atoms with E-state index in [1.54, 1.807) is 0 Å². The van der Waals surface area contributed by atoms with Gasteiger partial charge in [0.1, 0.15) is 6.61 Å². The second kappa shape index (κ2) is 6.00. The van der Waals surface area contributed by atoms with Crippen LogP contribution in [0.4, 0.5) is 0 Å². The first-order valence-electron chi connectivity index (χ1n) is 6.23. The summed E-state index contributed by atoms with van der Waals surface area (Å²) in [5.74, 6) is -1.51. The van der Waals surface area contributed by atoms with Crippen molar-refractivity contribution in [2.45, 2.75) is 39.6 Å². The Balaban J connectivity index is 2.85. The fourth-order valence-electron chi connectivity index (χ4n) is 2.24. The predicted octanol–water partition coefficient (Wildman–Crippen LogP) is 1.64. The average Bonchev–Trinajstić information content (AvgIpc) is 2.46. The van der Waals surface area contributed by atoms with Crippen LogP contribution in [0.3, 0.4) is 0 Å². The molecule has 0 radical (unpaired) electrons. The van der Waals surface area contributed by atoms with Gasteiger partial charge < -0.3 is 24.2 Å². The van der Waals surface area contributed by atoms with E-state index in [0.29, 0.717) is 0 Å². The number of phosphoric acid groups is 2. The molecule has 0 aromatic carbocycles. The molecule has 0 bridgehead atoms. The van der Waals surface area contributed by atoms with E-state index in [9.17, 15) is 14.0 Å².